The molecule has 1 amide bonds. The molecule has 0 aliphatic rings. The molecule has 0 fully saturated rings. The zero-order chi connectivity index (χ0) is 15.0. The van der Waals surface area contributed by atoms with Crippen molar-refractivity contribution in [3.05, 3.63) is 65.5 Å². The molecule has 0 atom stereocenters. The van der Waals surface area contributed by atoms with Gasteiger partial charge >= 0.3 is 0 Å². The first kappa shape index (κ1) is 13.2. The molecule has 4 nitrogen and oxygen atoms in total. The molecule has 0 spiro atoms. The van der Waals surface area contributed by atoms with E-state index in [0.717, 1.165) is 6.07 Å². The first-order valence-corrected chi connectivity index (χ1v) is 6.24. The third kappa shape index (κ3) is 2.35. The largest absolute Gasteiger partial charge is 0.365 e. The van der Waals surface area contributed by atoms with Crippen LogP contribution >= 0.6 is 0 Å². The number of amides is 1. The number of primary amides is 1. The van der Waals surface area contributed by atoms with Gasteiger partial charge in [0.05, 0.1) is 17.6 Å². The van der Waals surface area contributed by atoms with Gasteiger partial charge in [-0.05, 0) is 18.2 Å². The Hall–Kier alpha value is -2.76. The van der Waals surface area contributed by atoms with E-state index in [1.54, 1.807) is 22.9 Å². The van der Waals surface area contributed by atoms with Crippen molar-refractivity contribution in [2.45, 2.75) is 6.54 Å². The minimum absolute atomic E-state index is 0.154. The number of pyridine rings is 1. The van der Waals surface area contributed by atoms with Crippen molar-refractivity contribution in [3.8, 4) is 0 Å². The first-order chi connectivity index (χ1) is 10.1. The number of carbonyl (C=O) groups excluding carboxylic acids is 1. The summed E-state index contributed by atoms with van der Waals surface area (Å²) in [5.74, 6) is -1.87. The molecular formula is C15H11F2N3O. The first-order valence-electron chi connectivity index (χ1n) is 6.24. The Balaban J connectivity index is 2.10. The molecule has 3 aromatic rings. The summed E-state index contributed by atoms with van der Waals surface area (Å²) in [5.41, 5.74) is 7.03. The van der Waals surface area contributed by atoms with Crippen LogP contribution in [-0.2, 0) is 6.54 Å². The van der Waals surface area contributed by atoms with E-state index in [4.69, 9.17) is 5.73 Å². The monoisotopic (exact) mass is 287 g/mol. The van der Waals surface area contributed by atoms with Crippen molar-refractivity contribution in [2.75, 3.05) is 0 Å². The molecule has 2 aromatic heterocycles. The van der Waals surface area contributed by atoms with E-state index < -0.39 is 17.5 Å². The van der Waals surface area contributed by atoms with Crippen LogP contribution in [0.3, 0.4) is 0 Å². The van der Waals surface area contributed by atoms with Gasteiger partial charge < -0.3 is 10.3 Å². The van der Waals surface area contributed by atoms with Gasteiger partial charge in [0.1, 0.15) is 17.2 Å². The molecule has 0 saturated heterocycles. The van der Waals surface area contributed by atoms with E-state index in [0.29, 0.717) is 16.6 Å². The van der Waals surface area contributed by atoms with E-state index in [2.05, 4.69) is 4.98 Å². The van der Waals surface area contributed by atoms with Crippen molar-refractivity contribution in [1.82, 2.24) is 9.55 Å². The van der Waals surface area contributed by atoms with Gasteiger partial charge in [-0.15, -0.1) is 0 Å². The summed E-state index contributed by atoms with van der Waals surface area (Å²) in [4.78, 5) is 15.6. The summed E-state index contributed by atoms with van der Waals surface area (Å²) in [6, 6.07) is 6.86. The third-order valence-corrected chi connectivity index (χ3v) is 3.26. The number of fused-ring (bicyclic) bond motifs is 1. The lowest BCUT2D eigenvalue weighted by Crippen LogP contribution is -2.10. The van der Waals surface area contributed by atoms with E-state index in [-0.39, 0.29) is 12.1 Å². The highest BCUT2D eigenvalue weighted by Crippen LogP contribution is 2.21. The Labute approximate surface area is 118 Å². The minimum atomic E-state index is -0.638. The lowest BCUT2D eigenvalue weighted by atomic mass is 10.2. The Kier molecular flexibility index (Phi) is 3.13. The number of benzene rings is 1. The number of nitrogens with two attached hydrogens (primary N) is 1. The molecule has 6 heteroatoms. The van der Waals surface area contributed by atoms with Gasteiger partial charge in [-0.25, -0.2) is 8.78 Å². The van der Waals surface area contributed by atoms with Crippen molar-refractivity contribution >= 4 is 16.9 Å². The van der Waals surface area contributed by atoms with E-state index in [1.165, 1.54) is 18.3 Å². The molecule has 0 aliphatic carbocycles. The highest BCUT2D eigenvalue weighted by atomic mass is 19.1. The second-order valence-electron chi connectivity index (χ2n) is 4.64. The number of nitrogens with zero attached hydrogens (tertiary/aromatic N) is 2. The predicted octanol–water partition coefficient (Wildman–Crippen LogP) is 2.46. The zero-order valence-electron chi connectivity index (χ0n) is 10.9. The Morgan fingerprint density at radius 3 is 2.81 bits per heavy atom. The molecule has 3 rings (SSSR count). The number of carbonyl (C=O) groups is 1. The summed E-state index contributed by atoms with van der Waals surface area (Å²) in [7, 11) is 0. The van der Waals surface area contributed by atoms with Crippen LogP contribution < -0.4 is 5.73 Å². The van der Waals surface area contributed by atoms with Crippen LogP contribution in [0.15, 0.2) is 42.7 Å². The Morgan fingerprint density at radius 2 is 2.10 bits per heavy atom. The van der Waals surface area contributed by atoms with Crippen LogP contribution in [0.1, 0.15) is 15.9 Å². The molecule has 2 heterocycles. The van der Waals surface area contributed by atoms with Crippen LogP contribution in [0, 0.1) is 11.6 Å². The molecule has 0 radical (unpaired) electrons. The highest BCUT2D eigenvalue weighted by molar-refractivity contribution is 6.04. The second-order valence-corrected chi connectivity index (χ2v) is 4.64. The molecule has 0 aliphatic heterocycles. The summed E-state index contributed by atoms with van der Waals surface area (Å²) in [5, 5.41) is 0. The van der Waals surface area contributed by atoms with Crippen LogP contribution in [0.2, 0.25) is 0 Å². The lowest BCUT2D eigenvalue weighted by Gasteiger charge is -2.06. The minimum Gasteiger partial charge on any atom is -0.365 e. The smallest absolute Gasteiger partial charge is 0.252 e. The van der Waals surface area contributed by atoms with Gasteiger partial charge in [-0.2, -0.15) is 0 Å². The normalized spacial score (nSPS) is 11.0. The maximum atomic E-state index is 13.7. The lowest BCUT2D eigenvalue weighted by molar-refractivity contribution is 0.100. The number of hydrogen-bond donors (Lipinski definition) is 1. The van der Waals surface area contributed by atoms with Crippen molar-refractivity contribution in [3.63, 3.8) is 0 Å². The Bertz CT molecular complexity index is 842. The fourth-order valence-corrected chi connectivity index (χ4v) is 2.27. The van der Waals surface area contributed by atoms with Gasteiger partial charge in [0.15, 0.2) is 0 Å². The van der Waals surface area contributed by atoms with Gasteiger partial charge in [0.2, 0.25) is 0 Å². The molecular weight excluding hydrogens is 276 g/mol. The molecule has 0 saturated carbocycles. The molecule has 2 N–H and O–H groups in total. The topological polar surface area (TPSA) is 60.9 Å². The summed E-state index contributed by atoms with van der Waals surface area (Å²) >= 11 is 0. The van der Waals surface area contributed by atoms with Crippen LogP contribution in [0.5, 0.6) is 0 Å². The average molecular weight is 287 g/mol. The van der Waals surface area contributed by atoms with Gasteiger partial charge in [-0.3, -0.25) is 9.78 Å². The second kappa shape index (κ2) is 4.97. The zero-order valence-corrected chi connectivity index (χ0v) is 10.9. The van der Waals surface area contributed by atoms with Crippen molar-refractivity contribution in [2.24, 2.45) is 5.73 Å². The molecule has 0 unspecified atom stereocenters. The van der Waals surface area contributed by atoms with Gasteiger partial charge in [-0.1, -0.05) is 6.07 Å². The quantitative estimate of drug-likeness (QED) is 0.804. The summed E-state index contributed by atoms with van der Waals surface area (Å²) in [6.45, 7) is 0.154. The average Bonchev–Trinajstić information content (AvgIpc) is 2.81. The number of aromatic nitrogens is 2. The fraction of sp³-hybridized carbons (Fsp3) is 0.0667. The van der Waals surface area contributed by atoms with Crippen LogP contribution in [0.4, 0.5) is 8.78 Å². The number of rotatable bonds is 3. The van der Waals surface area contributed by atoms with Gasteiger partial charge in [0, 0.05) is 24.0 Å². The summed E-state index contributed by atoms with van der Waals surface area (Å²) in [6.07, 6.45) is 3.08. The molecule has 1 aromatic carbocycles. The van der Waals surface area contributed by atoms with Gasteiger partial charge in [0.25, 0.3) is 5.91 Å². The van der Waals surface area contributed by atoms with Crippen LogP contribution in [-0.4, -0.2) is 15.5 Å². The number of hydrogen-bond acceptors (Lipinski definition) is 2. The van der Waals surface area contributed by atoms with E-state index >= 15 is 0 Å². The van der Waals surface area contributed by atoms with E-state index in [1.807, 2.05) is 0 Å². The predicted molar refractivity (Wildman–Crippen MR) is 73.7 cm³/mol. The number of halogens is 2. The van der Waals surface area contributed by atoms with Crippen molar-refractivity contribution < 1.29 is 13.6 Å². The fourth-order valence-electron chi connectivity index (χ4n) is 2.27. The SMILES string of the molecule is NC(=O)c1cn(Cc2ccc(F)cc2F)c2cccnc12. The highest BCUT2D eigenvalue weighted by Gasteiger charge is 2.14. The molecule has 106 valence electrons. The summed E-state index contributed by atoms with van der Waals surface area (Å²) < 4.78 is 28.3. The maximum absolute atomic E-state index is 13.7. The maximum Gasteiger partial charge on any atom is 0.252 e. The third-order valence-electron chi connectivity index (χ3n) is 3.26. The van der Waals surface area contributed by atoms with E-state index in [9.17, 15) is 13.6 Å². The standard InChI is InChI=1S/C15H11F2N3O/c16-10-4-3-9(12(17)6-10)7-20-8-11(15(18)21)14-13(20)2-1-5-19-14/h1-6,8H,7H2,(H2,18,21). The van der Waals surface area contributed by atoms with Crippen molar-refractivity contribution in [1.29, 1.82) is 0 Å². The Morgan fingerprint density at radius 1 is 1.29 bits per heavy atom. The molecule has 21 heavy (non-hydrogen) atoms. The molecule has 0 bridgehead atoms. The van der Waals surface area contributed by atoms with Crippen LogP contribution in [0.25, 0.3) is 11.0 Å².